The van der Waals surface area contributed by atoms with E-state index in [9.17, 15) is 14.4 Å². The molecule has 0 saturated carbocycles. The molecule has 4 rings (SSSR count). The number of carbonyl (C=O) groups is 2. The molecule has 10 heteroatoms. The summed E-state index contributed by atoms with van der Waals surface area (Å²) in [7, 11) is 1.47. The lowest BCUT2D eigenvalue weighted by Gasteiger charge is -2.24. The third-order valence-corrected chi connectivity index (χ3v) is 6.69. The van der Waals surface area contributed by atoms with E-state index in [1.165, 1.54) is 23.9 Å². The highest BCUT2D eigenvalue weighted by molar-refractivity contribution is 6.31. The van der Waals surface area contributed by atoms with Gasteiger partial charge in [-0.25, -0.2) is 0 Å². The Bertz CT molecular complexity index is 1640. The van der Waals surface area contributed by atoms with Crippen LogP contribution in [0.1, 0.15) is 56.9 Å². The van der Waals surface area contributed by atoms with Crippen molar-refractivity contribution < 1.29 is 19.1 Å². The maximum Gasteiger partial charge on any atom is 0.252 e. The first-order valence-electron chi connectivity index (χ1n) is 13.3. The highest BCUT2D eigenvalue weighted by Gasteiger charge is 2.26. The largest absolute Gasteiger partial charge is 0.495 e. The predicted molar refractivity (Wildman–Crippen MR) is 160 cm³/mol. The van der Waals surface area contributed by atoms with E-state index < -0.39 is 23.1 Å². The molecule has 2 aromatic heterocycles. The summed E-state index contributed by atoms with van der Waals surface area (Å²) in [6, 6.07) is 10.6. The van der Waals surface area contributed by atoms with Gasteiger partial charge in [-0.05, 0) is 62.7 Å². The normalized spacial score (nSPS) is 12.2. The van der Waals surface area contributed by atoms with Crippen LogP contribution in [0.3, 0.4) is 0 Å². The van der Waals surface area contributed by atoms with Gasteiger partial charge < -0.3 is 14.8 Å². The fourth-order valence-electron chi connectivity index (χ4n) is 4.46. The number of ether oxygens (including phenoxy) is 2. The third kappa shape index (κ3) is 7.17. The molecule has 9 nitrogen and oxygen atoms in total. The second-order valence-electron chi connectivity index (χ2n) is 10.5. The van der Waals surface area contributed by atoms with Crippen molar-refractivity contribution in [2.75, 3.05) is 19.0 Å². The van der Waals surface area contributed by atoms with E-state index >= 15 is 0 Å². The van der Waals surface area contributed by atoms with Crippen LogP contribution in [0, 0.1) is 0 Å². The van der Waals surface area contributed by atoms with E-state index in [2.05, 4.69) is 15.3 Å². The fraction of sp³-hybridized carbons (Fsp3) is 0.323. The number of Topliss-reactive ketones (excluding diaryl/α,β-unsaturated/α-hetero) is 1. The number of ketones is 1. The molecular formula is C31H33ClN4O5. The molecule has 1 unspecified atom stereocenters. The Labute approximate surface area is 243 Å². The number of hydrogen-bond donors (Lipinski definition) is 1. The maximum absolute atomic E-state index is 13.7. The van der Waals surface area contributed by atoms with Gasteiger partial charge in [-0.1, -0.05) is 18.5 Å². The first kappa shape index (κ1) is 29.9. The molecule has 41 heavy (non-hydrogen) atoms. The molecule has 1 atom stereocenters. The minimum atomic E-state index is -0.929. The van der Waals surface area contributed by atoms with E-state index in [4.69, 9.17) is 21.1 Å². The molecule has 214 valence electrons. The number of fused-ring (bicyclic) bond motifs is 1. The summed E-state index contributed by atoms with van der Waals surface area (Å²) in [5.74, 6) is -0.195. The van der Waals surface area contributed by atoms with Crippen molar-refractivity contribution in [3.63, 3.8) is 0 Å². The zero-order valence-electron chi connectivity index (χ0n) is 23.7. The number of amides is 1. The molecule has 1 N–H and O–H groups in total. The van der Waals surface area contributed by atoms with E-state index in [0.29, 0.717) is 44.2 Å². The zero-order chi connectivity index (χ0) is 29.7. The SMILES string of the molecule is CCC(=O)c1ccc(Cl)cc1-c1cc(=O)n(C(CCOC(C)(C)C)C(=O)Nc2ccc3nccnc3c2)cc1OC. The van der Waals surface area contributed by atoms with Crippen molar-refractivity contribution >= 4 is 40.0 Å². The second kappa shape index (κ2) is 12.6. The van der Waals surface area contributed by atoms with Crippen LogP contribution in [-0.2, 0) is 9.53 Å². The Hall–Kier alpha value is -4.08. The van der Waals surface area contributed by atoms with E-state index in [1.807, 2.05) is 20.8 Å². The highest BCUT2D eigenvalue weighted by Crippen LogP contribution is 2.34. The Morgan fingerprint density at radius 2 is 1.76 bits per heavy atom. The van der Waals surface area contributed by atoms with Gasteiger partial charge >= 0.3 is 0 Å². The van der Waals surface area contributed by atoms with Crippen LogP contribution < -0.4 is 15.6 Å². The van der Waals surface area contributed by atoms with Crippen LogP contribution in [0.5, 0.6) is 5.75 Å². The average Bonchev–Trinajstić information content (AvgIpc) is 2.94. The van der Waals surface area contributed by atoms with Gasteiger partial charge in [0.15, 0.2) is 5.78 Å². The zero-order valence-corrected chi connectivity index (χ0v) is 24.5. The summed E-state index contributed by atoms with van der Waals surface area (Å²) in [6.07, 6.45) is 5.17. The van der Waals surface area contributed by atoms with Gasteiger partial charge in [0.05, 0.1) is 29.9 Å². The highest BCUT2D eigenvalue weighted by atomic mass is 35.5. The summed E-state index contributed by atoms with van der Waals surface area (Å²) >= 11 is 6.27. The summed E-state index contributed by atoms with van der Waals surface area (Å²) < 4.78 is 12.9. The van der Waals surface area contributed by atoms with Gasteiger partial charge in [0, 0.05) is 59.7 Å². The van der Waals surface area contributed by atoms with Crippen molar-refractivity contribution in [3.8, 4) is 16.9 Å². The Kier molecular flexibility index (Phi) is 9.20. The lowest BCUT2D eigenvalue weighted by Crippen LogP contribution is -2.34. The number of anilines is 1. The molecule has 4 aromatic rings. The monoisotopic (exact) mass is 576 g/mol. The molecule has 2 aromatic carbocycles. The van der Waals surface area contributed by atoms with Crippen molar-refractivity contribution in [2.24, 2.45) is 0 Å². The minimum absolute atomic E-state index is 0.0976. The second-order valence-corrected chi connectivity index (χ2v) is 10.9. The molecule has 0 bridgehead atoms. The van der Waals surface area contributed by atoms with Crippen LogP contribution in [-0.4, -0.2) is 45.5 Å². The van der Waals surface area contributed by atoms with Crippen molar-refractivity contribution in [1.29, 1.82) is 0 Å². The van der Waals surface area contributed by atoms with Crippen LogP contribution in [0.2, 0.25) is 5.02 Å². The number of methoxy groups -OCH3 is 1. The third-order valence-electron chi connectivity index (χ3n) is 6.46. The number of nitrogens with zero attached hydrogens (tertiary/aromatic N) is 3. The van der Waals surface area contributed by atoms with E-state index in [-0.39, 0.29) is 25.2 Å². The summed E-state index contributed by atoms with van der Waals surface area (Å²) in [5, 5.41) is 3.32. The lowest BCUT2D eigenvalue weighted by molar-refractivity contribution is -0.120. The molecular weight excluding hydrogens is 544 g/mol. The van der Waals surface area contributed by atoms with Gasteiger partial charge in [0.25, 0.3) is 5.56 Å². The maximum atomic E-state index is 13.7. The van der Waals surface area contributed by atoms with Gasteiger partial charge in [0.2, 0.25) is 5.91 Å². The first-order valence-corrected chi connectivity index (χ1v) is 13.7. The molecule has 1 amide bonds. The summed E-state index contributed by atoms with van der Waals surface area (Å²) in [4.78, 5) is 48.5. The average molecular weight is 577 g/mol. The number of carbonyl (C=O) groups excluding carboxylic acids is 2. The van der Waals surface area contributed by atoms with Crippen molar-refractivity contribution in [1.82, 2.24) is 14.5 Å². The predicted octanol–water partition coefficient (Wildman–Crippen LogP) is 6.10. The molecule has 0 fully saturated rings. The number of rotatable bonds is 10. The van der Waals surface area contributed by atoms with E-state index in [0.717, 1.165) is 0 Å². The minimum Gasteiger partial charge on any atom is -0.495 e. The molecule has 0 aliphatic carbocycles. The van der Waals surface area contributed by atoms with Crippen LogP contribution in [0.15, 0.2) is 65.8 Å². The summed E-state index contributed by atoms with van der Waals surface area (Å²) in [5.41, 5.74) is 2.28. The van der Waals surface area contributed by atoms with Crippen molar-refractivity contribution in [3.05, 3.63) is 82.0 Å². The molecule has 0 radical (unpaired) electrons. The van der Waals surface area contributed by atoms with Gasteiger partial charge in [-0.3, -0.25) is 28.9 Å². The molecule has 0 aliphatic rings. The Balaban J connectivity index is 1.75. The lowest BCUT2D eigenvalue weighted by atomic mass is 9.96. The quantitative estimate of drug-likeness (QED) is 0.227. The number of halogens is 1. The smallest absolute Gasteiger partial charge is 0.252 e. The first-order chi connectivity index (χ1) is 19.5. The van der Waals surface area contributed by atoms with E-state index in [1.54, 1.807) is 55.7 Å². The Morgan fingerprint density at radius 1 is 1.02 bits per heavy atom. The van der Waals surface area contributed by atoms with Crippen molar-refractivity contribution in [2.45, 2.75) is 52.2 Å². The fourth-order valence-corrected chi connectivity index (χ4v) is 4.63. The molecule has 0 spiro atoms. The van der Waals surface area contributed by atoms with Crippen LogP contribution in [0.25, 0.3) is 22.2 Å². The van der Waals surface area contributed by atoms with Gasteiger partial charge in [0.1, 0.15) is 11.8 Å². The number of aromatic nitrogens is 3. The molecule has 0 saturated heterocycles. The van der Waals surface area contributed by atoms with Crippen LogP contribution >= 0.6 is 11.6 Å². The summed E-state index contributed by atoms with van der Waals surface area (Å²) in [6.45, 7) is 7.75. The number of hydrogen-bond acceptors (Lipinski definition) is 7. The van der Waals surface area contributed by atoms with Gasteiger partial charge in [-0.2, -0.15) is 0 Å². The van der Waals surface area contributed by atoms with Gasteiger partial charge in [-0.15, -0.1) is 0 Å². The number of benzene rings is 2. The molecule has 0 aliphatic heterocycles. The molecule has 2 heterocycles. The number of pyridine rings is 1. The standard InChI is InChI=1S/C31H33ClN4O5/c1-6-27(37)21-9-7-19(32)15-22(21)23-17-29(38)36(18-28(23)40-5)26(11-14-41-31(2,3)4)30(39)35-20-8-10-24-25(16-20)34-13-12-33-24/h7-10,12-13,15-18,26H,6,11,14H2,1-5H3,(H,35,39). The van der Waals surface area contributed by atoms with Crippen LogP contribution in [0.4, 0.5) is 5.69 Å². The Morgan fingerprint density at radius 3 is 2.44 bits per heavy atom. The topological polar surface area (TPSA) is 112 Å². The number of nitrogens with one attached hydrogen (secondary N) is 1.